The molecule has 164 valence electrons. The number of hydrogen-bond acceptors (Lipinski definition) is 7. The third-order valence-corrected chi connectivity index (χ3v) is 4.11. The normalized spacial score (nSPS) is 10.6. The Hall–Kier alpha value is -3.62. The molecule has 0 spiro atoms. The molecule has 31 heavy (non-hydrogen) atoms. The predicted molar refractivity (Wildman–Crippen MR) is 112 cm³/mol. The summed E-state index contributed by atoms with van der Waals surface area (Å²) in [5.41, 5.74) is 1.22. The molecule has 0 aliphatic rings. The molecule has 0 atom stereocenters. The average molecular weight is 429 g/mol. The van der Waals surface area contributed by atoms with Crippen LogP contribution in [0.3, 0.4) is 0 Å². The third-order valence-electron chi connectivity index (χ3n) is 4.11. The quantitative estimate of drug-likeness (QED) is 0.515. The molecule has 0 unspecified atom stereocenters. The fourth-order valence-electron chi connectivity index (χ4n) is 2.85. The molecular weight excluding hydrogens is 405 g/mol. The van der Waals surface area contributed by atoms with Crippen LogP contribution in [-0.2, 0) is 11.2 Å². The largest absolute Gasteiger partial charge is 0.490 e. The SMILES string of the molecule is CCOc1cc(-c2nnc(NC(=O)Cc3ccc(F)cc3)o2)cc(OCC)c1OCC. The molecule has 2 aromatic carbocycles. The molecule has 1 amide bonds. The number of ether oxygens (including phenoxy) is 3. The second kappa shape index (κ2) is 10.4. The van der Waals surface area contributed by atoms with E-state index in [4.69, 9.17) is 18.6 Å². The van der Waals surface area contributed by atoms with Gasteiger partial charge in [-0.15, -0.1) is 5.10 Å². The maximum Gasteiger partial charge on any atom is 0.322 e. The van der Waals surface area contributed by atoms with Gasteiger partial charge in [0, 0.05) is 5.56 Å². The molecule has 0 radical (unpaired) electrons. The van der Waals surface area contributed by atoms with Crippen LogP contribution < -0.4 is 19.5 Å². The van der Waals surface area contributed by atoms with Gasteiger partial charge in [-0.3, -0.25) is 10.1 Å². The highest BCUT2D eigenvalue weighted by Crippen LogP contribution is 2.41. The van der Waals surface area contributed by atoms with Gasteiger partial charge in [0.1, 0.15) is 5.82 Å². The fraction of sp³-hybridized carbons (Fsp3) is 0.318. The molecular formula is C22H24FN3O5. The second-order valence-corrected chi connectivity index (χ2v) is 6.36. The van der Waals surface area contributed by atoms with Crippen LogP contribution in [0.1, 0.15) is 26.3 Å². The van der Waals surface area contributed by atoms with Crippen LogP contribution >= 0.6 is 0 Å². The van der Waals surface area contributed by atoms with Gasteiger partial charge in [-0.2, -0.15) is 0 Å². The first-order valence-electron chi connectivity index (χ1n) is 9.98. The Morgan fingerprint density at radius 3 is 2.16 bits per heavy atom. The maximum atomic E-state index is 13.0. The Labute approximate surface area is 179 Å². The molecule has 8 nitrogen and oxygen atoms in total. The summed E-state index contributed by atoms with van der Waals surface area (Å²) in [5.74, 6) is 0.942. The molecule has 1 aromatic heterocycles. The van der Waals surface area contributed by atoms with Crippen molar-refractivity contribution in [2.24, 2.45) is 0 Å². The van der Waals surface area contributed by atoms with Gasteiger partial charge in [0.15, 0.2) is 11.5 Å². The van der Waals surface area contributed by atoms with Crippen LogP contribution in [0.15, 0.2) is 40.8 Å². The van der Waals surface area contributed by atoms with Crippen molar-refractivity contribution in [1.29, 1.82) is 0 Å². The first kappa shape index (κ1) is 22.1. The Bertz CT molecular complexity index is 993. The van der Waals surface area contributed by atoms with Gasteiger partial charge in [-0.1, -0.05) is 17.2 Å². The van der Waals surface area contributed by atoms with E-state index in [1.54, 1.807) is 24.3 Å². The maximum absolute atomic E-state index is 13.0. The van der Waals surface area contributed by atoms with E-state index >= 15 is 0 Å². The molecule has 0 aliphatic carbocycles. The van der Waals surface area contributed by atoms with E-state index in [0.29, 0.717) is 48.2 Å². The second-order valence-electron chi connectivity index (χ2n) is 6.36. The monoisotopic (exact) mass is 429 g/mol. The van der Waals surface area contributed by atoms with Crippen molar-refractivity contribution in [3.63, 3.8) is 0 Å². The highest BCUT2D eigenvalue weighted by atomic mass is 19.1. The van der Waals surface area contributed by atoms with E-state index in [0.717, 1.165) is 0 Å². The third kappa shape index (κ3) is 5.71. The van der Waals surface area contributed by atoms with Crippen molar-refractivity contribution in [2.45, 2.75) is 27.2 Å². The minimum Gasteiger partial charge on any atom is -0.490 e. The van der Waals surface area contributed by atoms with Crippen molar-refractivity contribution in [1.82, 2.24) is 10.2 Å². The number of carbonyl (C=O) groups excluding carboxylic acids is 1. The molecule has 0 saturated carbocycles. The zero-order chi connectivity index (χ0) is 22.2. The van der Waals surface area contributed by atoms with E-state index < -0.39 is 0 Å². The lowest BCUT2D eigenvalue weighted by Crippen LogP contribution is -2.14. The first-order valence-corrected chi connectivity index (χ1v) is 9.98. The van der Waals surface area contributed by atoms with E-state index in [1.165, 1.54) is 12.1 Å². The van der Waals surface area contributed by atoms with E-state index in [1.807, 2.05) is 20.8 Å². The molecule has 0 saturated heterocycles. The summed E-state index contributed by atoms with van der Waals surface area (Å²) >= 11 is 0. The summed E-state index contributed by atoms with van der Waals surface area (Å²) in [5, 5.41) is 10.4. The lowest BCUT2D eigenvalue weighted by Gasteiger charge is -2.16. The van der Waals surface area contributed by atoms with Gasteiger partial charge in [0.25, 0.3) is 0 Å². The number of halogens is 1. The predicted octanol–water partition coefficient (Wildman–Crippen LogP) is 4.25. The van der Waals surface area contributed by atoms with Crippen LogP contribution in [0.4, 0.5) is 10.4 Å². The molecule has 1 heterocycles. The lowest BCUT2D eigenvalue weighted by atomic mass is 10.1. The molecule has 0 aliphatic heterocycles. The van der Waals surface area contributed by atoms with Crippen molar-refractivity contribution < 1.29 is 27.8 Å². The van der Waals surface area contributed by atoms with Gasteiger partial charge >= 0.3 is 6.01 Å². The van der Waals surface area contributed by atoms with Gasteiger partial charge in [-0.05, 0) is 50.6 Å². The zero-order valence-corrected chi connectivity index (χ0v) is 17.6. The summed E-state index contributed by atoms with van der Waals surface area (Å²) in [7, 11) is 0. The minimum absolute atomic E-state index is 0.0457. The Morgan fingerprint density at radius 2 is 1.58 bits per heavy atom. The minimum atomic E-state index is -0.362. The number of nitrogens with one attached hydrogen (secondary N) is 1. The Kier molecular flexibility index (Phi) is 7.42. The molecule has 1 N–H and O–H groups in total. The molecule has 9 heteroatoms. The highest BCUT2D eigenvalue weighted by molar-refractivity contribution is 5.90. The standard InChI is InChI=1S/C22H24FN3O5/c1-4-28-17-12-15(13-18(29-5-2)20(17)30-6-3)21-25-26-22(31-21)24-19(27)11-14-7-9-16(23)10-8-14/h7-10,12-13H,4-6,11H2,1-3H3,(H,24,26,27). The van der Waals surface area contributed by atoms with Crippen molar-refractivity contribution in [3.8, 4) is 28.7 Å². The van der Waals surface area contributed by atoms with Crippen molar-refractivity contribution in [2.75, 3.05) is 25.1 Å². The number of benzene rings is 2. The number of rotatable bonds is 10. The zero-order valence-electron chi connectivity index (χ0n) is 17.6. The summed E-state index contributed by atoms with van der Waals surface area (Å²) < 4.78 is 35.7. The Morgan fingerprint density at radius 1 is 0.968 bits per heavy atom. The number of hydrogen-bond donors (Lipinski definition) is 1. The van der Waals surface area contributed by atoms with Crippen LogP contribution in [0.2, 0.25) is 0 Å². The lowest BCUT2D eigenvalue weighted by molar-refractivity contribution is -0.115. The summed E-state index contributed by atoms with van der Waals surface area (Å²) in [6, 6.07) is 9.06. The van der Waals surface area contributed by atoms with Crippen LogP contribution in [0.5, 0.6) is 17.2 Å². The highest BCUT2D eigenvalue weighted by Gasteiger charge is 2.19. The molecule has 0 bridgehead atoms. The topological polar surface area (TPSA) is 95.7 Å². The summed E-state index contributed by atoms with van der Waals surface area (Å²) in [6.45, 7) is 6.92. The van der Waals surface area contributed by atoms with Crippen LogP contribution in [0, 0.1) is 5.82 Å². The van der Waals surface area contributed by atoms with Crippen LogP contribution in [-0.4, -0.2) is 35.9 Å². The number of carbonyl (C=O) groups is 1. The summed E-state index contributed by atoms with van der Waals surface area (Å²) in [6.07, 6.45) is 0.0457. The van der Waals surface area contributed by atoms with Crippen molar-refractivity contribution in [3.05, 3.63) is 47.8 Å². The van der Waals surface area contributed by atoms with E-state index in [2.05, 4.69) is 15.5 Å². The number of amides is 1. The van der Waals surface area contributed by atoms with Gasteiger partial charge in [0.05, 0.1) is 26.2 Å². The smallest absolute Gasteiger partial charge is 0.322 e. The summed E-state index contributed by atoms with van der Waals surface area (Å²) in [4.78, 5) is 12.2. The van der Waals surface area contributed by atoms with E-state index in [9.17, 15) is 9.18 Å². The van der Waals surface area contributed by atoms with Gasteiger partial charge in [0.2, 0.25) is 17.5 Å². The van der Waals surface area contributed by atoms with Crippen molar-refractivity contribution >= 4 is 11.9 Å². The number of nitrogens with zero attached hydrogens (tertiary/aromatic N) is 2. The first-order chi connectivity index (χ1) is 15.0. The Balaban J connectivity index is 1.80. The molecule has 3 aromatic rings. The van der Waals surface area contributed by atoms with Gasteiger partial charge in [-0.25, -0.2) is 4.39 Å². The average Bonchev–Trinajstić information content (AvgIpc) is 3.20. The fourth-order valence-corrected chi connectivity index (χ4v) is 2.85. The number of aromatic nitrogens is 2. The van der Waals surface area contributed by atoms with Crippen LogP contribution in [0.25, 0.3) is 11.5 Å². The van der Waals surface area contributed by atoms with Gasteiger partial charge < -0.3 is 18.6 Å². The number of anilines is 1. The van der Waals surface area contributed by atoms with E-state index in [-0.39, 0.29) is 30.1 Å². The molecule has 0 fully saturated rings. The molecule has 3 rings (SSSR count).